The Morgan fingerprint density at radius 1 is 0.548 bits per heavy atom. The molecule has 2 aliphatic rings. The van der Waals surface area contributed by atoms with Crippen LogP contribution in [0, 0.1) is 27.7 Å². The van der Waals surface area contributed by atoms with Crippen molar-refractivity contribution in [2.24, 2.45) is 0 Å². The standard InChI is InChI=1S/C26H28N8O2.C19H23N7.C7H7NO3/c1-17-12-21(14-22-13-18(2)31-32-22)30-25(29-17)19-4-6-23(27-15-19)33-8-10-34(11-9-33)26(35)20-5-7-24(36-3)28-16-20;1-13-9-16(11-17-10-14(2)24-25-17)23-19(22-13)15-3-4-18(21-12-15)26-7-5-20-6-8-26;1-11-6-3-2-5(4-8-6)7(9)10/h4-7,12-13,15-16H,8-11,14H2,1-3H3,(H,31,32);3-4,9-10,12,20H,5-8,11H2,1-2H3,(H,24,25);2-4H,1H3,(H,9,10). The van der Waals surface area contributed by atoms with E-state index in [0.717, 1.165) is 94.5 Å². The number of hydrogen-bond acceptors (Lipinski definition) is 17. The zero-order valence-electron chi connectivity index (χ0n) is 41.7. The third-order valence-electron chi connectivity index (χ3n) is 11.8. The second kappa shape index (κ2) is 23.9. The molecule has 8 aromatic rings. The lowest BCUT2D eigenvalue weighted by Crippen LogP contribution is -2.49. The van der Waals surface area contributed by atoms with Gasteiger partial charge >= 0.3 is 5.97 Å². The van der Waals surface area contributed by atoms with Crippen LogP contribution in [0.1, 0.15) is 66.3 Å². The van der Waals surface area contributed by atoms with Crippen molar-refractivity contribution < 1.29 is 24.2 Å². The van der Waals surface area contributed by atoms with Gasteiger partial charge in [0.05, 0.1) is 48.1 Å². The summed E-state index contributed by atoms with van der Waals surface area (Å²) in [5.74, 6) is 3.14. The first-order valence-electron chi connectivity index (χ1n) is 23.8. The molecular formula is C52H58N16O5. The number of carboxylic acid groups (broad SMARTS) is 1. The van der Waals surface area contributed by atoms with Gasteiger partial charge in [0.1, 0.15) is 11.6 Å². The highest BCUT2D eigenvalue weighted by molar-refractivity contribution is 5.94. The van der Waals surface area contributed by atoms with Crippen molar-refractivity contribution in [2.45, 2.75) is 40.5 Å². The molecule has 1 amide bonds. The lowest BCUT2D eigenvalue weighted by Gasteiger charge is -2.35. The number of carbonyl (C=O) groups excluding carboxylic acids is 1. The minimum Gasteiger partial charge on any atom is -0.481 e. The molecule has 2 fully saturated rings. The van der Waals surface area contributed by atoms with Gasteiger partial charge in [0.25, 0.3) is 5.91 Å². The van der Waals surface area contributed by atoms with Gasteiger partial charge in [-0.15, -0.1) is 0 Å². The fraction of sp³-hybridized carbons (Fsp3) is 0.308. The van der Waals surface area contributed by atoms with E-state index >= 15 is 0 Å². The Kier molecular flexibility index (Phi) is 16.6. The SMILES string of the molecule is COc1ccc(C(=O)N2CCN(c3ccc(-c4nc(C)cc(Cc5cc(C)[nH]n5)n4)cn3)CC2)cn1.COc1ccc(C(=O)O)cn1.Cc1cc(Cc2cc(C)[nH]n2)nc(-c2ccc(N3CCNCC3)nc2)n1. The van der Waals surface area contributed by atoms with E-state index in [1.807, 2.05) is 81.4 Å². The molecule has 0 aliphatic carbocycles. The van der Waals surface area contributed by atoms with Crippen LogP contribution < -0.4 is 24.6 Å². The molecule has 0 radical (unpaired) electrons. The van der Waals surface area contributed by atoms with Crippen molar-refractivity contribution in [3.05, 3.63) is 154 Å². The molecule has 21 nitrogen and oxygen atoms in total. The van der Waals surface area contributed by atoms with E-state index in [1.54, 1.807) is 25.4 Å². The number of piperazine rings is 2. The first-order chi connectivity index (χ1) is 35.4. The number of anilines is 2. The number of nitrogens with one attached hydrogen (secondary N) is 3. The molecule has 0 atom stereocenters. The summed E-state index contributed by atoms with van der Waals surface area (Å²) in [7, 11) is 3.03. The average molecular weight is 987 g/mol. The summed E-state index contributed by atoms with van der Waals surface area (Å²) in [6.07, 6.45) is 7.82. The molecule has 2 saturated heterocycles. The lowest BCUT2D eigenvalue weighted by molar-refractivity contribution is 0.0694. The average Bonchev–Trinajstić information content (AvgIpc) is 4.04. The number of aromatic amines is 2. The number of hydrogen-bond donors (Lipinski definition) is 4. The molecule has 2 aliphatic heterocycles. The summed E-state index contributed by atoms with van der Waals surface area (Å²) in [6.45, 7) is 14.6. The van der Waals surface area contributed by atoms with Crippen LogP contribution in [-0.2, 0) is 12.8 Å². The number of carbonyl (C=O) groups is 2. The monoisotopic (exact) mass is 986 g/mol. The Balaban J connectivity index is 0.000000167. The number of rotatable bonds is 12. The zero-order chi connectivity index (χ0) is 51.3. The van der Waals surface area contributed by atoms with Crippen LogP contribution in [0.5, 0.6) is 11.8 Å². The number of amides is 1. The maximum absolute atomic E-state index is 12.8. The maximum Gasteiger partial charge on any atom is 0.337 e. The van der Waals surface area contributed by atoms with Crippen molar-refractivity contribution in [2.75, 3.05) is 76.4 Å². The molecule has 10 heterocycles. The quantitative estimate of drug-likeness (QED) is 0.118. The number of aryl methyl sites for hydroxylation is 4. The van der Waals surface area contributed by atoms with Gasteiger partial charge in [0.2, 0.25) is 11.8 Å². The van der Waals surface area contributed by atoms with Gasteiger partial charge in [-0.25, -0.2) is 44.7 Å². The van der Waals surface area contributed by atoms with E-state index in [-0.39, 0.29) is 11.5 Å². The van der Waals surface area contributed by atoms with Gasteiger partial charge in [-0.3, -0.25) is 15.0 Å². The van der Waals surface area contributed by atoms with Crippen LogP contribution in [0.3, 0.4) is 0 Å². The largest absolute Gasteiger partial charge is 0.481 e. The van der Waals surface area contributed by atoms with Gasteiger partial charge in [-0.05, 0) is 88.4 Å². The molecule has 0 unspecified atom stereocenters. The van der Waals surface area contributed by atoms with E-state index in [1.165, 1.54) is 25.4 Å². The number of aromatic carboxylic acids is 1. The second-order valence-corrected chi connectivity index (χ2v) is 17.4. The number of H-pyrrole nitrogens is 2. The third kappa shape index (κ3) is 13.8. The van der Waals surface area contributed by atoms with E-state index in [0.29, 0.717) is 68.0 Å². The number of aromatic nitrogens is 12. The highest BCUT2D eigenvalue weighted by atomic mass is 16.5. The summed E-state index contributed by atoms with van der Waals surface area (Å²) in [5, 5.41) is 26.4. The van der Waals surface area contributed by atoms with Crippen LogP contribution in [0.15, 0.2) is 97.6 Å². The van der Waals surface area contributed by atoms with Crippen LogP contribution in [0.25, 0.3) is 22.8 Å². The molecule has 73 heavy (non-hydrogen) atoms. The van der Waals surface area contributed by atoms with Crippen molar-refractivity contribution in [1.29, 1.82) is 0 Å². The van der Waals surface area contributed by atoms with Gasteiger partial charge < -0.3 is 34.6 Å². The lowest BCUT2D eigenvalue weighted by atomic mass is 10.2. The molecule has 0 saturated carbocycles. The van der Waals surface area contributed by atoms with E-state index in [4.69, 9.17) is 24.5 Å². The van der Waals surface area contributed by atoms with Crippen molar-refractivity contribution >= 4 is 23.5 Å². The zero-order valence-corrected chi connectivity index (χ0v) is 41.7. The minimum atomic E-state index is -0.986. The number of pyridine rings is 4. The fourth-order valence-corrected chi connectivity index (χ4v) is 8.09. The van der Waals surface area contributed by atoms with Gasteiger partial charge in [0, 0.05) is 136 Å². The molecule has 0 spiro atoms. The summed E-state index contributed by atoms with van der Waals surface area (Å²) in [5.41, 5.74) is 10.3. The first kappa shape index (κ1) is 50.7. The number of methoxy groups -OCH3 is 2. The molecule has 4 N–H and O–H groups in total. The summed E-state index contributed by atoms with van der Waals surface area (Å²) in [4.78, 5) is 65.3. The van der Waals surface area contributed by atoms with E-state index in [9.17, 15) is 9.59 Å². The van der Waals surface area contributed by atoms with E-state index in [2.05, 4.69) is 77.5 Å². The van der Waals surface area contributed by atoms with Crippen molar-refractivity contribution in [3.8, 4) is 34.5 Å². The molecule has 0 aromatic carbocycles. The van der Waals surface area contributed by atoms with Gasteiger partial charge in [0.15, 0.2) is 11.6 Å². The molecular weight excluding hydrogens is 929 g/mol. The highest BCUT2D eigenvalue weighted by Crippen LogP contribution is 2.23. The minimum absolute atomic E-state index is 0.0227. The first-order valence-corrected chi connectivity index (χ1v) is 23.8. The normalized spacial score (nSPS) is 13.3. The Hall–Kier alpha value is -8.72. The molecule has 10 rings (SSSR count). The van der Waals surface area contributed by atoms with Gasteiger partial charge in [-0.1, -0.05) is 0 Å². The van der Waals surface area contributed by atoms with Crippen LogP contribution >= 0.6 is 0 Å². The molecule has 376 valence electrons. The third-order valence-corrected chi connectivity index (χ3v) is 11.8. The Bertz CT molecular complexity index is 3080. The number of nitrogens with zero attached hydrogens (tertiary/aromatic N) is 13. The Morgan fingerprint density at radius 3 is 1.42 bits per heavy atom. The van der Waals surface area contributed by atoms with E-state index < -0.39 is 5.97 Å². The Morgan fingerprint density at radius 2 is 1.03 bits per heavy atom. The van der Waals surface area contributed by atoms with Crippen LogP contribution in [0.2, 0.25) is 0 Å². The second-order valence-electron chi connectivity index (χ2n) is 17.4. The fourth-order valence-electron chi connectivity index (χ4n) is 8.09. The Labute approximate surface area is 422 Å². The number of ether oxygens (including phenoxy) is 2. The summed E-state index contributed by atoms with van der Waals surface area (Å²) >= 11 is 0. The van der Waals surface area contributed by atoms with Crippen molar-refractivity contribution in [3.63, 3.8) is 0 Å². The summed E-state index contributed by atoms with van der Waals surface area (Å²) < 4.78 is 9.81. The summed E-state index contributed by atoms with van der Waals surface area (Å²) in [6, 6.07) is 22.6. The maximum atomic E-state index is 12.8. The topological polar surface area (TPSA) is 255 Å². The van der Waals surface area contributed by atoms with Crippen LogP contribution in [0.4, 0.5) is 11.6 Å². The predicted molar refractivity (Wildman–Crippen MR) is 274 cm³/mol. The van der Waals surface area contributed by atoms with Crippen LogP contribution in [-0.4, -0.2) is 149 Å². The number of carboxylic acids is 1. The highest BCUT2D eigenvalue weighted by Gasteiger charge is 2.24. The molecule has 21 heteroatoms. The van der Waals surface area contributed by atoms with Crippen molar-refractivity contribution in [1.82, 2.24) is 70.5 Å². The predicted octanol–water partition coefficient (Wildman–Crippen LogP) is 5.50. The smallest absolute Gasteiger partial charge is 0.337 e. The molecule has 0 bridgehead atoms. The molecule has 8 aromatic heterocycles. The van der Waals surface area contributed by atoms with Gasteiger partial charge in [-0.2, -0.15) is 10.2 Å².